The zero-order valence-corrected chi connectivity index (χ0v) is 21.8. The van der Waals surface area contributed by atoms with Gasteiger partial charge >= 0.3 is 187 Å². The Balaban J connectivity index is 2.53. The molecule has 0 saturated carbocycles. The molecule has 0 unspecified atom stereocenters. The van der Waals surface area contributed by atoms with Gasteiger partial charge in [0.05, 0.1) is 0 Å². The topological polar surface area (TPSA) is 49.7 Å². The molecule has 1 rings (SSSR count). The average Bonchev–Trinajstić information content (AvgIpc) is 2.61. The SMILES string of the molecule is CCCCCCCCCCCC[PH](O)(O)Oc1ccc(C(C)(C)C)cc1C(C)(C)C. The normalized spacial score (nSPS) is 13.5. The number of benzene rings is 1. The van der Waals surface area contributed by atoms with Crippen molar-refractivity contribution in [2.24, 2.45) is 0 Å². The van der Waals surface area contributed by atoms with Gasteiger partial charge in [0.25, 0.3) is 0 Å². The third kappa shape index (κ3) is 10.6. The summed E-state index contributed by atoms with van der Waals surface area (Å²) >= 11 is 0. The van der Waals surface area contributed by atoms with Gasteiger partial charge in [-0.1, -0.05) is 0 Å². The Morgan fingerprint density at radius 2 is 1.23 bits per heavy atom. The van der Waals surface area contributed by atoms with Crippen molar-refractivity contribution < 1.29 is 14.3 Å². The van der Waals surface area contributed by atoms with Gasteiger partial charge in [0.1, 0.15) is 0 Å². The summed E-state index contributed by atoms with van der Waals surface area (Å²) in [6.07, 6.45) is 12.7. The second-order valence-electron chi connectivity index (χ2n) is 11.0. The average molecular weight is 441 g/mol. The van der Waals surface area contributed by atoms with Crippen LogP contribution in [0.25, 0.3) is 0 Å². The van der Waals surface area contributed by atoms with Gasteiger partial charge in [-0.25, -0.2) is 0 Å². The molecule has 0 aliphatic carbocycles. The van der Waals surface area contributed by atoms with E-state index in [1.54, 1.807) is 0 Å². The summed E-state index contributed by atoms with van der Waals surface area (Å²) < 4.78 is 5.86. The van der Waals surface area contributed by atoms with Crippen molar-refractivity contribution in [2.75, 3.05) is 6.16 Å². The Morgan fingerprint density at radius 3 is 1.70 bits per heavy atom. The van der Waals surface area contributed by atoms with E-state index in [2.05, 4.69) is 60.6 Å². The van der Waals surface area contributed by atoms with Crippen LogP contribution in [0.15, 0.2) is 18.2 Å². The third-order valence-corrected chi connectivity index (χ3v) is 7.33. The van der Waals surface area contributed by atoms with Crippen LogP contribution in [-0.4, -0.2) is 15.9 Å². The van der Waals surface area contributed by atoms with E-state index in [9.17, 15) is 9.79 Å². The van der Waals surface area contributed by atoms with Crippen molar-refractivity contribution in [1.29, 1.82) is 0 Å². The molecule has 0 atom stereocenters. The van der Waals surface area contributed by atoms with Gasteiger partial charge in [0.15, 0.2) is 0 Å². The first-order valence-corrected chi connectivity index (χ1v) is 14.2. The van der Waals surface area contributed by atoms with E-state index < -0.39 is 7.94 Å². The van der Waals surface area contributed by atoms with Crippen molar-refractivity contribution in [3.05, 3.63) is 29.3 Å². The van der Waals surface area contributed by atoms with Crippen LogP contribution in [0.4, 0.5) is 0 Å². The van der Waals surface area contributed by atoms with E-state index in [1.165, 1.54) is 56.9 Å². The third-order valence-electron chi connectivity index (χ3n) is 5.78. The minimum atomic E-state index is -3.71. The van der Waals surface area contributed by atoms with Crippen molar-refractivity contribution in [1.82, 2.24) is 0 Å². The molecule has 0 radical (unpaired) electrons. The van der Waals surface area contributed by atoms with Crippen molar-refractivity contribution in [3.63, 3.8) is 0 Å². The Labute approximate surface area is 187 Å². The summed E-state index contributed by atoms with van der Waals surface area (Å²) in [6.45, 7) is 15.2. The predicted octanol–water partition coefficient (Wildman–Crippen LogP) is 8.06. The molecule has 176 valence electrons. The maximum absolute atomic E-state index is 10.6. The number of unbranched alkanes of at least 4 members (excludes halogenated alkanes) is 9. The Kier molecular flexibility index (Phi) is 11.3. The van der Waals surface area contributed by atoms with E-state index in [1.807, 2.05) is 6.07 Å². The van der Waals surface area contributed by atoms with Crippen LogP contribution in [0.5, 0.6) is 5.75 Å². The van der Waals surface area contributed by atoms with Crippen LogP contribution >= 0.6 is 7.94 Å². The monoisotopic (exact) mass is 440 g/mol. The first kappa shape index (κ1) is 27.4. The van der Waals surface area contributed by atoms with Crippen LogP contribution in [0, 0.1) is 0 Å². The van der Waals surface area contributed by atoms with Crippen LogP contribution < -0.4 is 4.52 Å². The molecule has 0 aliphatic heterocycles. The van der Waals surface area contributed by atoms with E-state index >= 15 is 0 Å². The molecule has 30 heavy (non-hydrogen) atoms. The molecular formula is C26H49O3P. The summed E-state index contributed by atoms with van der Waals surface area (Å²) in [4.78, 5) is 21.2. The van der Waals surface area contributed by atoms with E-state index in [-0.39, 0.29) is 10.8 Å². The molecule has 0 fully saturated rings. The summed E-state index contributed by atoms with van der Waals surface area (Å²) in [6, 6.07) is 6.14. The molecular weight excluding hydrogens is 391 g/mol. The number of hydrogen-bond acceptors (Lipinski definition) is 3. The van der Waals surface area contributed by atoms with Gasteiger partial charge in [0.2, 0.25) is 0 Å². The minimum absolute atomic E-state index is 0.0431. The zero-order chi connectivity index (χ0) is 22.8. The first-order chi connectivity index (χ1) is 13.9. The molecule has 0 spiro atoms. The quantitative estimate of drug-likeness (QED) is 0.241. The Hall–Kier alpha value is -0.630. The molecule has 0 saturated heterocycles. The summed E-state index contributed by atoms with van der Waals surface area (Å²) in [7, 11) is -3.71. The van der Waals surface area contributed by atoms with E-state index in [0.29, 0.717) is 11.9 Å². The van der Waals surface area contributed by atoms with Gasteiger partial charge in [0, 0.05) is 0 Å². The fourth-order valence-electron chi connectivity index (χ4n) is 3.74. The molecule has 2 N–H and O–H groups in total. The second-order valence-corrected chi connectivity index (χ2v) is 13.2. The van der Waals surface area contributed by atoms with Crippen LogP contribution in [0.2, 0.25) is 0 Å². The van der Waals surface area contributed by atoms with Crippen LogP contribution in [-0.2, 0) is 10.8 Å². The fraction of sp³-hybridized carbons (Fsp3) is 0.769. The van der Waals surface area contributed by atoms with Crippen molar-refractivity contribution in [2.45, 2.75) is 124 Å². The number of hydrogen-bond donors (Lipinski definition) is 2. The molecule has 3 nitrogen and oxygen atoms in total. The first-order valence-electron chi connectivity index (χ1n) is 12.2. The van der Waals surface area contributed by atoms with Crippen molar-refractivity contribution in [3.8, 4) is 5.75 Å². The van der Waals surface area contributed by atoms with E-state index in [4.69, 9.17) is 4.52 Å². The van der Waals surface area contributed by atoms with Gasteiger partial charge < -0.3 is 0 Å². The van der Waals surface area contributed by atoms with Gasteiger partial charge in [-0.05, 0) is 0 Å². The van der Waals surface area contributed by atoms with Gasteiger partial charge in [-0.3, -0.25) is 0 Å². The fourth-order valence-corrected chi connectivity index (χ4v) is 5.08. The Bertz CT molecular complexity index is 612. The molecule has 4 heteroatoms. The van der Waals surface area contributed by atoms with Gasteiger partial charge in [-0.2, -0.15) is 0 Å². The summed E-state index contributed by atoms with van der Waals surface area (Å²) in [5.41, 5.74) is 2.19. The number of rotatable bonds is 13. The molecule has 0 aliphatic rings. The summed E-state index contributed by atoms with van der Waals surface area (Å²) in [5.74, 6) is 0.624. The second kappa shape index (κ2) is 12.4. The standard InChI is InChI=1S/C26H49O3P/c1-8-9-10-11-12-13-14-15-16-17-20-30(27,28)29-24-19-18-22(25(2,3)4)21-23(24)26(5,6)7/h18-19,21,27-28,30H,8-17,20H2,1-7H3. The molecule has 1 aromatic carbocycles. The van der Waals surface area contributed by atoms with Crippen LogP contribution in [0.3, 0.4) is 0 Å². The predicted molar refractivity (Wildman–Crippen MR) is 134 cm³/mol. The van der Waals surface area contributed by atoms with E-state index in [0.717, 1.165) is 18.4 Å². The van der Waals surface area contributed by atoms with Crippen molar-refractivity contribution >= 4 is 7.94 Å². The maximum atomic E-state index is 10.6. The van der Waals surface area contributed by atoms with Crippen LogP contribution in [0.1, 0.15) is 124 Å². The molecule has 0 bridgehead atoms. The molecule has 0 aromatic heterocycles. The molecule has 0 amide bonds. The Morgan fingerprint density at radius 1 is 0.733 bits per heavy atom. The van der Waals surface area contributed by atoms with Gasteiger partial charge in [-0.15, -0.1) is 0 Å². The molecule has 0 heterocycles. The molecule has 1 aromatic rings. The zero-order valence-electron chi connectivity index (χ0n) is 20.8. The summed E-state index contributed by atoms with van der Waals surface area (Å²) in [5, 5.41) is 0.